The summed E-state index contributed by atoms with van der Waals surface area (Å²) in [5.41, 5.74) is -0.336. The zero-order valence-electron chi connectivity index (χ0n) is 12.6. The molecule has 0 unspecified atom stereocenters. The Morgan fingerprint density at radius 3 is 2.50 bits per heavy atom. The number of carbonyl (C=O) groups is 1. The van der Waals surface area contributed by atoms with Crippen molar-refractivity contribution in [3.8, 4) is 11.5 Å². The molecule has 0 heterocycles. The molecule has 0 aliphatic heterocycles. The predicted octanol–water partition coefficient (Wildman–Crippen LogP) is 3.66. The monoisotopic (exact) mass is 354 g/mol. The van der Waals surface area contributed by atoms with Crippen LogP contribution in [-0.4, -0.2) is 25.1 Å². The highest BCUT2D eigenvalue weighted by molar-refractivity contribution is 6.31. The lowest BCUT2D eigenvalue weighted by Gasteiger charge is -2.13. The summed E-state index contributed by atoms with van der Waals surface area (Å²) < 4.78 is 23.3. The van der Waals surface area contributed by atoms with E-state index in [0.29, 0.717) is 0 Å². The highest BCUT2D eigenvalue weighted by Crippen LogP contribution is 2.37. The lowest BCUT2D eigenvalue weighted by molar-refractivity contribution is -0.385. The molecule has 2 aromatic carbocycles. The third-order valence-corrected chi connectivity index (χ3v) is 3.41. The summed E-state index contributed by atoms with van der Waals surface area (Å²) in [7, 11) is 2.51. The first kappa shape index (κ1) is 17.5. The van der Waals surface area contributed by atoms with Gasteiger partial charge in [-0.25, -0.2) is 4.39 Å². The van der Waals surface area contributed by atoms with E-state index < -0.39 is 16.6 Å². The van der Waals surface area contributed by atoms with Crippen molar-refractivity contribution in [2.75, 3.05) is 19.5 Å². The molecule has 0 aliphatic carbocycles. The molecule has 0 bridgehead atoms. The van der Waals surface area contributed by atoms with Crippen LogP contribution in [0.15, 0.2) is 30.3 Å². The molecule has 1 amide bonds. The maximum absolute atomic E-state index is 13.2. The van der Waals surface area contributed by atoms with Gasteiger partial charge in [0.1, 0.15) is 17.1 Å². The van der Waals surface area contributed by atoms with Crippen LogP contribution in [0.1, 0.15) is 10.4 Å². The number of benzene rings is 2. The molecule has 0 aliphatic rings. The van der Waals surface area contributed by atoms with E-state index in [9.17, 15) is 19.3 Å². The van der Waals surface area contributed by atoms with Crippen molar-refractivity contribution in [1.82, 2.24) is 0 Å². The molecule has 24 heavy (non-hydrogen) atoms. The zero-order chi connectivity index (χ0) is 17.9. The van der Waals surface area contributed by atoms with E-state index in [2.05, 4.69) is 5.32 Å². The van der Waals surface area contributed by atoms with Crippen LogP contribution in [-0.2, 0) is 0 Å². The van der Waals surface area contributed by atoms with Gasteiger partial charge in [-0.3, -0.25) is 14.9 Å². The molecule has 0 fully saturated rings. The molecule has 9 heteroatoms. The van der Waals surface area contributed by atoms with Gasteiger partial charge in [0.25, 0.3) is 5.91 Å². The Morgan fingerprint density at radius 1 is 1.25 bits per heavy atom. The Morgan fingerprint density at radius 2 is 1.96 bits per heavy atom. The fourth-order valence-corrected chi connectivity index (χ4v) is 2.24. The lowest BCUT2D eigenvalue weighted by atomic mass is 10.1. The average Bonchev–Trinajstić information content (AvgIpc) is 2.56. The molecule has 126 valence electrons. The van der Waals surface area contributed by atoms with Crippen LogP contribution in [0.5, 0.6) is 11.5 Å². The number of rotatable bonds is 5. The summed E-state index contributed by atoms with van der Waals surface area (Å²) in [6, 6.07) is 6.05. The summed E-state index contributed by atoms with van der Waals surface area (Å²) in [5, 5.41) is 13.4. The summed E-state index contributed by atoms with van der Waals surface area (Å²) in [6.45, 7) is 0. The fourth-order valence-electron chi connectivity index (χ4n) is 2.06. The number of methoxy groups -OCH3 is 2. The zero-order valence-corrected chi connectivity index (χ0v) is 13.4. The third-order valence-electron chi connectivity index (χ3n) is 3.12. The molecule has 0 spiro atoms. The van der Waals surface area contributed by atoms with Gasteiger partial charge in [-0.2, -0.15) is 0 Å². The first-order valence-corrected chi connectivity index (χ1v) is 6.92. The van der Waals surface area contributed by atoms with Crippen molar-refractivity contribution in [3.05, 3.63) is 56.8 Å². The number of nitrogens with zero attached hydrogens (tertiary/aromatic N) is 1. The van der Waals surface area contributed by atoms with Crippen molar-refractivity contribution < 1.29 is 23.6 Å². The Bertz CT molecular complexity index is 813. The minimum absolute atomic E-state index is 0.0863. The topological polar surface area (TPSA) is 90.7 Å². The highest BCUT2D eigenvalue weighted by atomic mass is 35.5. The first-order chi connectivity index (χ1) is 11.4. The van der Waals surface area contributed by atoms with Crippen molar-refractivity contribution in [1.29, 1.82) is 0 Å². The summed E-state index contributed by atoms with van der Waals surface area (Å²) in [5.74, 6) is -1.52. The Kier molecular flexibility index (Phi) is 5.20. The number of ether oxygens (including phenoxy) is 2. The fraction of sp³-hybridized carbons (Fsp3) is 0.133. The van der Waals surface area contributed by atoms with Gasteiger partial charge in [0.2, 0.25) is 5.75 Å². The van der Waals surface area contributed by atoms with Gasteiger partial charge in [0.15, 0.2) is 0 Å². The van der Waals surface area contributed by atoms with Gasteiger partial charge < -0.3 is 14.8 Å². The van der Waals surface area contributed by atoms with E-state index in [1.54, 1.807) is 0 Å². The van der Waals surface area contributed by atoms with Gasteiger partial charge >= 0.3 is 5.69 Å². The van der Waals surface area contributed by atoms with Crippen LogP contribution >= 0.6 is 11.6 Å². The number of hydrogen-bond donors (Lipinski definition) is 1. The highest BCUT2D eigenvalue weighted by Gasteiger charge is 2.27. The summed E-state index contributed by atoms with van der Waals surface area (Å²) in [6.07, 6.45) is 0. The Hall–Kier alpha value is -2.87. The van der Waals surface area contributed by atoms with Crippen molar-refractivity contribution in [3.63, 3.8) is 0 Å². The second kappa shape index (κ2) is 7.14. The molecule has 0 aromatic heterocycles. The van der Waals surface area contributed by atoms with Gasteiger partial charge in [0, 0.05) is 11.8 Å². The molecule has 7 nitrogen and oxygen atoms in total. The number of nitro groups is 1. The second-order valence-corrected chi connectivity index (χ2v) is 4.94. The largest absolute Gasteiger partial charge is 0.496 e. The SMILES string of the molecule is COc1ccc([N+](=O)[O-])c(OC)c1C(=O)Nc1ccc(F)c(Cl)c1. The number of nitro benzene ring substituents is 1. The van der Waals surface area contributed by atoms with Crippen LogP contribution in [0.2, 0.25) is 5.02 Å². The third kappa shape index (κ3) is 3.38. The molecule has 0 saturated carbocycles. The molecular formula is C15H12ClFN2O5. The van der Waals surface area contributed by atoms with Crippen LogP contribution in [0, 0.1) is 15.9 Å². The van der Waals surface area contributed by atoms with E-state index in [-0.39, 0.29) is 33.5 Å². The molecular weight excluding hydrogens is 343 g/mol. The van der Waals surface area contributed by atoms with Gasteiger partial charge in [-0.1, -0.05) is 11.6 Å². The van der Waals surface area contributed by atoms with Crippen molar-refractivity contribution in [2.24, 2.45) is 0 Å². The predicted molar refractivity (Wildman–Crippen MR) is 85.6 cm³/mol. The van der Waals surface area contributed by atoms with Crippen LogP contribution in [0.3, 0.4) is 0 Å². The van der Waals surface area contributed by atoms with Crippen LogP contribution in [0.25, 0.3) is 0 Å². The van der Waals surface area contributed by atoms with Crippen LogP contribution in [0.4, 0.5) is 15.8 Å². The van der Waals surface area contributed by atoms with E-state index in [4.69, 9.17) is 21.1 Å². The minimum atomic E-state index is -0.727. The number of amides is 1. The number of hydrogen-bond acceptors (Lipinski definition) is 5. The molecule has 1 N–H and O–H groups in total. The number of nitrogens with one attached hydrogen (secondary N) is 1. The normalized spacial score (nSPS) is 10.2. The van der Waals surface area contributed by atoms with Crippen LogP contribution < -0.4 is 14.8 Å². The maximum atomic E-state index is 13.2. The number of anilines is 1. The lowest BCUT2D eigenvalue weighted by Crippen LogP contribution is -2.15. The Labute approximate surface area is 141 Å². The first-order valence-electron chi connectivity index (χ1n) is 6.54. The number of carbonyl (C=O) groups excluding carboxylic acids is 1. The van der Waals surface area contributed by atoms with E-state index >= 15 is 0 Å². The summed E-state index contributed by atoms with van der Waals surface area (Å²) in [4.78, 5) is 22.9. The molecule has 0 saturated heterocycles. The molecule has 0 radical (unpaired) electrons. The molecule has 0 atom stereocenters. The maximum Gasteiger partial charge on any atom is 0.312 e. The van der Waals surface area contributed by atoms with Gasteiger partial charge in [-0.05, 0) is 24.3 Å². The summed E-state index contributed by atoms with van der Waals surface area (Å²) >= 11 is 5.66. The standard InChI is InChI=1S/C15H12ClFN2O5/c1-23-12-6-5-11(19(21)22)14(24-2)13(12)15(20)18-8-3-4-10(17)9(16)7-8/h3-7H,1-2H3,(H,18,20). The average molecular weight is 355 g/mol. The molecule has 2 rings (SSSR count). The Balaban J connectivity index is 2.48. The smallest absolute Gasteiger partial charge is 0.312 e. The van der Waals surface area contributed by atoms with Gasteiger partial charge in [0.05, 0.1) is 24.2 Å². The second-order valence-electron chi connectivity index (χ2n) is 4.54. The minimum Gasteiger partial charge on any atom is -0.496 e. The van der Waals surface area contributed by atoms with Gasteiger partial charge in [-0.15, -0.1) is 0 Å². The quantitative estimate of drug-likeness (QED) is 0.653. The van der Waals surface area contributed by atoms with E-state index in [0.717, 1.165) is 6.07 Å². The molecule has 2 aromatic rings. The van der Waals surface area contributed by atoms with E-state index in [1.807, 2.05) is 0 Å². The van der Waals surface area contributed by atoms with Crippen molar-refractivity contribution >= 4 is 28.9 Å². The number of halogens is 2. The van der Waals surface area contributed by atoms with E-state index in [1.165, 1.54) is 38.5 Å². The van der Waals surface area contributed by atoms with Crippen molar-refractivity contribution in [2.45, 2.75) is 0 Å².